The number of carboxylic acid groups (broad SMARTS) is 1. The molecule has 0 aromatic carbocycles. The van der Waals surface area contributed by atoms with Crippen LogP contribution in [0.2, 0.25) is 0 Å². The molecule has 1 aliphatic heterocycles. The van der Waals surface area contributed by atoms with E-state index in [4.69, 9.17) is 4.74 Å². The molecule has 0 saturated carbocycles. The second-order valence-corrected chi connectivity index (χ2v) is 12.9. The van der Waals surface area contributed by atoms with E-state index in [2.05, 4.69) is 26.8 Å². The first-order valence-corrected chi connectivity index (χ1v) is 15.6. The third-order valence-electron chi connectivity index (χ3n) is 9.35. The standard InChI is InChI=1S/C33H60O7/c1-10-13-19(2)18-22(5)29(35)20(3)14-11-12-15-27(34)23(6)30(36)25(8)31(37)26(9)32-21(4)16-17-28(40-32)24(7)33(38)39/h11,14,18-21,23-32,34-37H,10,12-13,15-17H2,1-9H3,(H,38,39)/b14-11+,22-18+/t19-,20-,21+,23+,24+,25+,26+,27-,28?,29-,30+,31+,32+/m1/s1. The number of hydrogen-bond donors (Lipinski definition) is 5. The molecule has 7 nitrogen and oxygen atoms in total. The quantitative estimate of drug-likeness (QED) is 0.145. The smallest absolute Gasteiger partial charge is 0.308 e. The Morgan fingerprint density at radius 3 is 2.15 bits per heavy atom. The van der Waals surface area contributed by atoms with Crippen LogP contribution in [-0.4, -0.2) is 68.1 Å². The number of rotatable bonds is 17. The molecule has 1 rings (SSSR count). The molecule has 234 valence electrons. The lowest BCUT2D eigenvalue weighted by Gasteiger charge is -2.43. The highest BCUT2D eigenvalue weighted by atomic mass is 16.5. The predicted octanol–water partition coefficient (Wildman–Crippen LogP) is 5.60. The van der Waals surface area contributed by atoms with Gasteiger partial charge in [0.15, 0.2) is 0 Å². The van der Waals surface area contributed by atoms with Crippen molar-refractivity contribution in [3.8, 4) is 0 Å². The molecule has 0 aromatic rings. The van der Waals surface area contributed by atoms with Gasteiger partial charge in [-0.3, -0.25) is 4.79 Å². The van der Waals surface area contributed by atoms with Gasteiger partial charge < -0.3 is 30.3 Å². The van der Waals surface area contributed by atoms with Crippen molar-refractivity contribution in [2.45, 2.75) is 137 Å². The van der Waals surface area contributed by atoms with Gasteiger partial charge >= 0.3 is 5.97 Å². The zero-order valence-corrected chi connectivity index (χ0v) is 26.5. The number of aliphatic carboxylic acids is 1. The van der Waals surface area contributed by atoms with Gasteiger partial charge in [0.2, 0.25) is 0 Å². The molecule has 0 bridgehead atoms. The number of hydrogen-bond acceptors (Lipinski definition) is 6. The Hall–Kier alpha value is -1.25. The van der Waals surface area contributed by atoms with Crippen molar-refractivity contribution in [1.29, 1.82) is 0 Å². The summed E-state index contributed by atoms with van der Waals surface area (Å²) < 4.78 is 6.19. The summed E-state index contributed by atoms with van der Waals surface area (Å²) in [5.41, 5.74) is 0.983. The van der Waals surface area contributed by atoms with Gasteiger partial charge in [-0.15, -0.1) is 0 Å². The minimum atomic E-state index is -0.914. The summed E-state index contributed by atoms with van der Waals surface area (Å²) in [4.78, 5) is 11.5. The van der Waals surface area contributed by atoms with Crippen LogP contribution in [0, 0.1) is 41.4 Å². The maximum Gasteiger partial charge on any atom is 0.308 e. The Balaban J connectivity index is 2.66. The van der Waals surface area contributed by atoms with Crippen LogP contribution in [0.1, 0.15) is 101 Å². The lowest BCUT2D eigenvalue weighted by molar-refractivity contribution is -0.169. The topological polar surface area (TPSA) is 127 Å². The van der Waals surface area contributed by atoms with E-state index in [0.29, 0.717) is 25.2 Å². The summed E-state index contributed by atoms with van der Waals surface area (Å²) in [6.07, 6.45) is 7.17. The molecule has 1 saturated heterocycles. The molecule has 13 atom stereocenters. The Bertz CT molecular complexity index is 796. The summed E-state index contributed by atoms with van der Waals surface area (Å²) in [7, 11) is 0. The number of carbonyl (C=O) groups is 1. The zero-order valence-electron chi connectivity index (χ0n) is 26.5. The van der Waals surface area contributed by atoms with Gasteiger partial charge in [0.25, 0.3) is 0 Å². The van der Waals surface area contributed by atoms with E-state index < -0.39 is 54.2 Å². The van der Waals surface area contributed by atoms with Gasteiger partial charge in [-0.25, -0.2) is 0 Å². The van der Waals surface area contributed by atoms with Gasteiger partial charge in [-0.05, 0) is 63.4 Å². The van der Waals surface area contributed by atoms with Crippen molar-refractivity contribution >= 4 is 5.97 Å². The highest BCUT2D eigenvalue weighted by Gasteiger charge is 2.41. The Morgan fingerprint density at radius 2 is 1.57 bits per heavy atom. The first-order chi connectivity index (χ1) is 18.6. The van der Waals surface area contributed by atoms with Crippen LogP contribution in [0.15, 0.2) is 23.8 Å². The summed E-state index contributed by atoms with van der Waals surface area (Å²) >= 11 is 0. The summed E-state index contributed by atoms with van der Waals surface area (Å²) in [5, 5.41) is 53.1. The molecule has 1 unspecified atom stereocenters. The minimum Gasteiger partial charge on any atom is -0.481 e. The van der Waals surface area contributed by atoms with Crippen molar-refractivity contribution in [3.63, 3.8) is 0 Å². The molecule has 0 amide bonds. The van der Waals surface area contributed by atoms with Crippen LogP contribution in [0.3, 0.4) is 0 Å². The molecule has 5 N–H and O–H groups in total. The SMILES string of the molecule is CCC[C@@H](C)/C=C(\C)[C@H](O)[C@H](C)/C=C/CC[C@@H](O)[C@H](C)[C@H](O)[C@H](C)[C@H](O)[C@H](C)[C@H]1OC([C@H](C)C(=O)O)CC[C@@H]1C. The van der Waals surface area contributed by atoms with Crippen LogP contribution in [0.4, 0.5) is 0 Å². The molecular weight excluding hydrogens is 508 g/mol. The molecule has 1 fully saturated rings. The second-order valence-electron chi connectivity index (χ2n) is 12.9. The zero-order chi connectivity index (χ0) is 30.7. The van der Waals surface area contributed by atoms with Crippen molar-refractivity contribution in [2.75, 3.05) is 0 Å². The predicted molar refractivity (Wildman–Crippen MR) is 161 cm³/mol. The highest BCUT2D eigenvalue weighted by Crippen LogP contribution is 2.36. The minimum absolute atomic E-state index is 0.0376. The number of aliphatic hydroxyl groups is 4. The highest BCUT2D eigenvalue weighted by molar-refractivity contribution is 5.70. The van der Waals surface area contributed by atoms with Gasteiger partial charge in [0, 0.05) is 23.7 Å². The lowest BCUT2D eigenvalue weighted by atomic mass is 9.76. The monoisotopic (exact) mass is 568 g/mol. The van der Waals surface area contributed by atoms with Crippen molar-refractivity contribution in [3.05, 3.63) is 23.8 Å². The Morgan fingerprint density at radius 1 is 0.950 bits per heavy atom. The number of ether oxygens (including phenoxy) is 1. The van der Waals surface area contributed by atoms with Gasteiger partial charge in [0.05, 0.1) is 42.5 Å². The molecule has 0 radical (unpaired) electrons. The van der Waals surface area contributed by atoms with E-state index in [1.165, 1.54) is 0 Å². The van der Waals surface area contributed by atoms with Crippen LogP contribution in [-0.2, 0) is 9.53 Å². The summed E-state index contributed by atoms with van der Waals surface area (Å²) in [5.74, 6) is -2.17. The molecular formula is C33H60O7. The fourth-order valence-electron chi connectivity index (χ4n) is 6.19. The molecule has 40 heavy (non-hydrogen) atoms. The normalized spacial score (nSPS) is 28.2. The number of carboxylic acids is 1. The largest absolute Gasteiger partial charge is 0.481 e. The fourth-order valence-corrected chi connectivity index (χ4v) is 6.19. The van der Waals surface area contributed by atoms with Crippen LogP contribution in [0.25, 0.3) is 0 Å². The van der Waals surface area contributed by atoms with Crippen molar-refractivity contribution in [2.24, 2.45) is 41.4 Å². The Kier molecular flexibility index (Phi) is 16.2. The van der Waals surface area contributed by atoms with Crippen molar-refractivity contribution < 1.29 is 35.1 Å². The first-order valence-electron chi connectivity index (χ1n) is 15.6. The van der Waals surface area contributed by atoms with E-state index in [9.17, 15) is 30.3 Å². The number of aliphatic hydroxyl groups excluding tert-OH is 4. The van der Waals surface area contributed by atoms with Gasteiger partial charge in [-0.1, -0.05) is 73.1 Å². The molecule has 1 heterocycles. The third kappa shape index (κ3) is 10.9. The number of allylic oxidation sites excluding steroid dienone is 2. The first kappa shape index (κ1) is 36.8. The molecule has 0 spiro atoms. The van der Waals surface area contributed by atoms with Crippen molar-refractivity contribution in [1.82, 2.24) is 0 Å². The van der Waals surface area contributed by atoms with E-state index in [0.717, 1.165) is 24.8 Å². The maximum absolute atomic E-state index is 11.5. The van der Waals surface area contributed by atoms with E-state index in [1.807, 2.05) is 32.9 Å². The molecule has 1 aliphatic rings. The van der Waals surface area contributed by atoms with Gasteiger partial charge in [0.1, 0.15) is 0 Å². The average Bonchev–Trinajstić information content (AvgIpc) is 2.92. The lowest BCUT2D eigenvalue weighted by Crippen LogP contribution is -2.49. The maximum atomic E-state index is 11.5. The Labute approximate surface area is 243 Å². The second kappa shape index (κ2) is 17.6. The van der Waals surface area contributed by atoms with E-state index in [1.54, 1.807) is 20.8 Å². The summed E-state index contributed by atoms with van der Waals surface area (Å²) in [6, 6.07) is 0. The van der Waals surface area contributed by atoms with E-state index in [-0.39, 0.29) is 23.9 Å². The van der Waals surface area contributed by atoms with Gasteiger partial charge in [-0.2, -0.15) is 0 Å². The van der Waals surface area contributed by atoms with Crippen LogP contribution in [0.5, 0.6) is 0 Å². The summed E-state index contributed by atoms with van der Waals surface area (Å²) in [6.45, 7) is 17.5. The third-order valence-corrected chi connectivity index (χ3v) is 9.35. The average molecular weight is 569 g/mol. The fraction of sp³-hybridized carbons (Fsp3) is 0.848. The molecule has 7 heteroatoms. The molecule has 0 aromatic heterocycles. The molecule has 0 aliphatic carbocycles. The van der Waals surface area contributed by atoms with Crippen LogP contribution >= 0.6 is 0 Å². The van der Waals surface area contributed by atoms with Crippen LogP contribution < -0.4 is 0 Å². The van der Waals surface area contributed by atoms with E-state index >= 15 is 0 Å².